The Hall–Kier alpha value is -1.41. The van der Waals surface area contributed by atoms with Gasteiger partial charge in [0.1, 0.15) is 0 Å². The van der Waals surface area contributed by atoms with Gasteiger partial charge in [0.25, 0.3) is 0 Å². The molecule has 0 spiro atoms. The first-order valence-electron chi connectivity index (χ1n) is 5.25. The van der Waals surface area contributed by atoms with Crippen LogP contribution < -0.4 is 0 Å². The quantitative estimate of drug-likeness (QED) is 0.784. The Labute approximate surface area is 100 Å². The number of benzene rings is 1. The van der Waals surface area contributed by atoms with Gasteiger partial charge >= 0.3 is 0 Å². The molecule has 0 N–H and O–H groups in total. The summed E-state index contributed by atoms with van der Waals surface area (Å²) in [6.45, 7) is 4.24. The highest BCUT2D eigenvalue weighted by atomic mass is 35.5. The van der Waals surface area contributed by atoms with Crippen LogP contribution in [0.15, 0.2) is 36.5 Å². The normalized spacial score (nSPS) is 10.8. The van der Waals surface area contributed by atoms with Crippen molar-refractivity contribution in [1.82, 2.24) is 9.97 Å². The van der Waals surface area contributed by atoms with E-state index in [1.807, 2.05) is 30.3 Å². The summed E-state index contributed by atoms with van der Waals surface area (Å²) in [6, 6.07) is 9.51. The van der Waals surface area contributed by atoms with E-state index >= 15 is 0 Å². The Morgan fingerprint density at radius 1 is 1.06 bits per heavy atom. The third kappa shape index (κ3) is 2.39. The molecular formula is C13H13ClN2. The third-order valence-corrected chi connectivity index (χ3v) is 2.62. The molecule has 1 aromatic carbocycles. The Kier molecular flexibility index (Phi) is 3.20. The van der Waals surface area contributed by atoms with Crippen LogP contribution in [0.3, 0.4) is 0 Å². The van der Waals surface area contributed by atoms with Crippen molar-refractivity contribution in [2.24, 2.45) is 0 Å². The maximum atomic E-state index is 5.84. The molecular weight excluding hydrogens is 220 g/mol. The van der Waals surface area contributed by atoms with Crippen molar-refractivity contribution in [3.05, 3.63) is 47.2 Å². The summed E-state index contributed by atoms with van der Waals surface area (Å²) in [4.78, 5) is 8.79. The lowest BCUT2D eigenvalue weighted by Gasteiger charge is -2.06. The van der Waals surface area contributed by atoms with E-state index in [1.165, 1.54) is 0 Å². The van der Waals surface area contributed by atoms with Crippen molar-refractivity contribution in [2.75, 3.05) is 0 Å². The summed E-state index contributed by atoms with van der Waals surface area (Å²) >= 11 is 5.84. The minimum Gasteiger partial charge on any atom is -0.237 e. The van der Waals surface area contributed by atoms with Gasteiger partial charge in [-0.05, 0) is 36.2 Å². The van der Waals surface area contributed by atoms with E-state index in [1.54, 1.807) is 6.20 Å². The van der Waals surface area contributed by atoms with Crippen LogP contribution in [0, 0.1) is 0 Å². The largest absolute Gasteiger partial charge is 0.237 e. The Morgan fingerprint density at radius 3 is 2.38 bits per heavy atom. The molecule has 0 bridgehead atoms. The van der Waals surface area contributed by atoms with Crippen LogP contribution in [0.5, 0.6) is 0 Å². The maximum Gasteiger partial charge on any atom is 0.159 e. The third-order valence-electron chi connectivity index (χ3n) is 2.37. The summed E-state index contributed by atoms with van der Waals surface area (Å²) in [5, 5.41) is 0.726. The predicted octanol–water partition coefficient (Wildman–Crippen LogP) is 3.92. The van der Waals surface area contributed by atoms with Gasteiger partial charge in [0.2, 0.25) is 0 Å². The molecule has 0 saturated heterocycles. The molecule has 1 aromatic heterocycles. The molecule has 1 heterocycles. The van der Waals surface area contributed by atoms with E-state index in [0.29, 0.717) is 5.92 Å². The lowest BCUT2D eigenvalue weighted by molar-refractivity contribution is 0.817. The molecule has 82 valence electrons. The summed E-state index contributed by atoms with van der Waals surface area (Å²) in [5.41, 5.74) is 2.05. The lowest BCUT2D eigenvalue weighted by Crippen LogP contribution is -1.96. The molecule has 0 radical (unpaired) electrons. The Morgan fingerprint density at radius 2 is 1.75 bits per heavy atom. The van der Waals surface area contributed by atoms with E-state index in [4.69, 9.17) is 11.6 Å². The van der Waals surface area contributed by atoms with Gasteiger partial charge in [-0.3, -0.25) is 0 Å². The second-order valence-corrected chi connectivity index (χ2v) is 4.40. The van der Waals surface area contributed by atoms with E-state index in [0.717, 1.165) is 22.1 Å². The maximum absolute atomic E-state index is 5.84. The van der Waals surface area contributed by atoms with Crippen LogP contribution in [0.25, 0.3) is 11.4 Å². The zero-order chi connectivity index (χ0) is 11.5. The Balaban J connectivity index is 2.40. The van der Waals surface area contributed by atoms with Gasteiger partial charge in [-0.2, -0.15) is 0 Å². The lowest BCUT2D eigenvalue weighted by atomic mass is 10.1. The fourth-order valence-corrected chi connectivity index (χ4v) is 1.56. The second kappa shape index (κ2) is 4.62. The molecule has 0 aliphatic rings. The average molecular weight is 233 g/mol. The van der Waals surface area contributed by atoms with Crippen LogP contribution in [0.1, 0.15) is 25.5 Å². The molecule has 2 aromatic rings. The van der Waals surface area contributed by atoms with Crippen molar-refractivity contribution in [1.29, 1.82) is 0 Å². The number of aromatic nitrogens is 2. The molecule has 2 rings (SSSR count). The van der Waals surface area contributed by atoms with Crippen LogP contribution in [0.2, 0.25) is 5.02 Å². The molecule has 16 heavy (non-hydrogen) atoms. The first-order valence-corrected chi connectivity index (χ1v) is 5.63. The second-order valence-electron chi connectivity index (χ2n) is 3.97. The van der Waals surface area contributed by atoms with Gasteiger partial charge in [-0.15, -0.1) is 0 Å². The van der Waals surface area contributed by atoms with E-state index < -0.39 is 0 Å². The fourth-order valence-electron chi connectivity index (χ4n) is 1.43. The molecule has 3 heteroatoms. The molecule has 0 amide bonds. The molecule has 0 saturated carbocycles. The fraction of sp³-hybridized carbons (Fsp3) is 0.231. The molecule has 0 aliphatic carbocycles. The van der Waals surface area contributed by atoms with E-state index in [9.17, 15) is 0 Å². The zero-order valence-electron chi connectivity index (χ0n) is 9.31. The molecule has 2 nitrogen and oxygen atoms in total. The average Bonchev–Trinajstić information content (AvgIpc) is 2.30. The van der Waals surface area contributed by atoms with Crippen molar-refractivity contribution < 1.29 is 0 Å². The minimum atomic E-state index is 0.411. The highest BCUT2D eigenvalue weighted by molar-refractivity contribution is 6.30. The van der Waals surface area contributed by atoms with Crippen molar-refractivity contribution in [3.8, 4) is 11.4 Å². The molecule has 0 aliphatic heterocycles. The van der Waals surface area contributed by atoms with Gasteiger partial charge in [-0.25, -0.2) is 9.97 Å². The summed E-state index contributed by atoms with van der Waals surface area (Å²) < 4.78 is 0. The highest BCUT2D eigenvalue weighted by Gasteiger charge is 2.05. The van der Waals surface area contributed by atoms with Gasteiger partial charge < -0.3 is 0 Å². The first kappa shape index (κ1) is 11.1. The number of hydrogen-bond donors (Lipinski definition) is 0. The summed E-state index contributed by atoms with van der Waals surface area (Å²) in [7, 11) is 0. The molecule has 0 unspecified atom stereocenters. The zero-order valence-corrected chi connectivity index (χ0v) is 10.1. The van der Waals surface area contributed by atoms with Gasteiger partial charge in [0, 0.05) is 22.5 Å². The van der Waals surface area contributed by atoms with Crippen molar-refractivity contribution in [2.45, 2.75) is 19.8 Å². The van der Waals surface area contributed by atoms with E-state index in [2.05, 4.69) is 23.8 Å². The van der Waals surface area contributed by atoms with Crippen molar-refractivity contribution >= 4 is 11.6 Å². The number of rotatable bonds is 2. The monoisotopic (exact) mass is 232 g/mol. The van der Waals surface area contributed by atoms with Crippen LogP contribution >= 0.6 is 11.6 Å². The number of halogens is 1. The molecule has 0 fully saturated rings. The first-order chi connectivity index (χ1) is 7.66. The number of nitrogens with zero attached hydrogens (tertiary/aromatic N) is 2. The predicted molar refractivity (Wildman–Crippen MR) is 66.6 cm³/mol. The van der Waals surface area contributed by atoms with E-state index in [-0.39, 0.29) is 0 Å². The Bertz CT molecular complexity index is 478. The van der Waals surface area contributed by atoms with Gasteiger partial charge in [0.15, 0.2) is 5.82 Å². The van der Waals surface area contributed by atoms with Crippen LogP contribution in [-0.4, -0.2) is 9.97 Å². The summed E-state index contributed by atoms with van der Waals surface area (Å²) in [6.07, 6.45) is 1.80. The summed E-state index contributed by atoms with van der Waals surface area (Å²) in [5.74, 6) is 1.16. The standard InChI is InChI=1S/C13H13ClN2/c1-9(2)12-7-8-15-13(16-12)10-3-5-11(14)6-4-10/h3-9H,1-2H3. The van der Waals surface area contributed by atoms with Gasteiger partial charge in [0.05, 0.1) is 0 Å². The van der Waals surface area contributed by atoms with Crippen LogP contribution in [-0.2, 0) is 0 Å². The number of hydrogen-bond acceptors (Lipinski definition) is 2. The van der Waals surface area contributed by atoms with Gasteiger partial charge in [-0.1, -0.05) is 25.4 Å². The SMILES string of the molecule is CC(C)c1ccnc(-c2ccc(Cl)cc2)n1. The smallest absolute Gasteiger partial charge is 0.159 e. The van der Waals surface area contributed by atoms with Crippen molar-refractivity contribution in [3.63, 3.8) is 0 Å². The van der Waals surface area contributed by atoms with Crippen LogP contribution in [0.4, 0.5) is 0 Å². The topological polar surface area (TPSA) is 25.8 Å². The minimum absolute atomic E-state index is 0.411. The highest BCUT2D eigenvalue weighted by Crippen LogP contribution is 2.19. The molecule has 0 atom stereocenters.